The van der Waals surface area contributed by atoms with Crippen molar-refractivity contribution in [2.24, 2.45) is 0 Å². The van der Waals surface area contributed by atoms with Gasteiger partial charge in [0.05, 0.1) is 38.3 Å². The third-order valence-corrected chi connectivity index (χ3v) is 5.68. The molecule has 124 valence electrons. The highest BCUT2D eigenvalue weighted by Gasteiger charge is 2.36. The van der Waals surface area contributed by atoms with E-state index in [0.29, 0.717) is 18.9 Å². The van der Waals surface area contributed by atoms with Crippen molar-refractivity contribution in [2.75, 3.05) is 55.3 Å². The van der Waals surface area contributed by atoms with Gasteiger partial charge in [0.2, 0.25) is 0 Å². The highest BCUT2D eigenvalue weighted by molar-refractivity contribution is 7.85. The van der Waals surface area contributed by atoms with Crippen molar-refractivity contribution >= 4 is 18.9 Å². The van der Waals surface area contributed by atoms with Gasteiger partial charge in [-0.3, -0.25) is 0 Å². The second-order valence-electron chi connectivity index (χ2n) is 5.70. The summed E-state index contributed by atoms with van der Waals surface area (Å²) >= 11 is 0. The van der Waals surface area contributed by atoms with Gasteiger partial charge in [0, 0.05) is 33.1 Å². The summed E-state index contributed by atoms with van der Waals surface area (Å²) in [5, 5.41) is 0. The molecule has 9 heteroatoms. The van der Waals surface area contributed by atoms with Crippen LogP contribution in [0.2, 0.25) is 6.04 Å². The molecule has 0 unspecified atom stereocenters. The molecule has 0 rings (SSSR count). The molecule has 0 fully saturated rings. The smallest absolute Gasteiger partial charge is 0.500 e. The van der Waals surface area contributed by atoms with Gasteiger partial charge in [0.15, 0.2) is 0 Å². The SMILES string of the molecule is CO[Si](CCCCS(=O)(=O)[O-])(OC)OC.C[N+](C)(C)C. The van der Waals surface area contributed by atoms with Crippen LogP contribution in [-0.4, -0.2) is 81.5 Å². The van der Waals surface area contributed by atoms with E-state index >= 15 is 0 Å². The zero-order chi connectivity index (χ0) is 16.4. The first kappa shape index (κ1) is 22.3. The summed E-state index contributed by atoms with van der Waals surface area (Å²) in [7, 11) is 6.24. The van der Waals surface area contributed by atoms with Crippen LogP contribution in [0.15, 0.2) is 0 Å². The Morgan fingerprint density at radius 3 is 1.55 bits per heavy atom. The van der Waals surface area contributed by atoms with Gasteiger partial charge in [-0.25, -0.2) is 8.42 Å². The van der Waals surface area contributed by atoms with Crippen molar-refractivity contribution in [3.8, 4) is 0 Å². The lowest BCUT2D eigenvalue weighted by Gasteiger charge is -2.24. The van der Waals surface area contributed by atoms with Crippen molar-refractivity contribution in [1.29, 1.82) is 0 Å². The Balaban J connectivity index is 0. The summed E-state index contributed by atoms with van der Waals surface area (Å²) in [4.78, 5) is 0. The van der Waals surface area contributed by atoms with Gasteiger partial charge >= 0.3 is 8.80 Å². The fourth-order valence-corrected chi connectivity index (χ4v) is 3.53. The third-order valence-electron chi connectivity index (χ3n) is 2.06. The number of quaternary nitrogens is 1. The van der Waals surface area contributed by atoms with E-state index in [2.05, 4.69) is 28.2 Å². The Bertz CT molecular complexity index is 323. The highest BCUT2D eigenvalue weighted by Crippen LogP contribution is 2.16. The standard InChI is InChI=1S/C7H18O6SSi.C4H12N/c1-11-15(12-2,13-3)7-5-4-6-14(8,9)10;1-5(2,3)4/h4-7H2,1-3H3,(H,8,9,10);1-4H3/q;+1/p-1. The minimum Gasteiger partial charge on any atom is -0.748 e. The second-order valence-corrected chi connectivity index (χ2v) is 10.3. The lowest BCUT2D eigenvalue weighted by atomic mass is 10.4. The molecule has 0 saturated heterocycles. The number of unbranched alkanes of at least 4 members (excludes halogenated alkanes) is 1. The van der Waals surface area contributed by atoms with Gasteiger partial charge in [0.1, 0.15) is 0 Å². The van der Waals surface area contributed by atoms with Crippen LogP contribution in [0, 0.1) is 0 Å². The zero-order valence-electron chi connectivity index (χ0n) is 13.6. The summed E-state index contributed by atoms with van der Waals surface area (Å²) in [6.07, 6.45) is 0.833. The Labute approximate surface area is 124 Å². The molecule has 0 amide bonds. The van der Waals surface area contributed by atoms with E-state index in [4.69, 9.17) is 13.3 Å². The molecule has 0 aromatic carbocycles. The Hall–Kier alpha value is -0.0331. The molecular weight excluding hydrogens is 302 g/mol. The first-order chi connectivity index (χ1) is 8.89. The summed E-state index contributed by atoms with van der Waals surface area (Å²) in [6, 6.07) is 0.506. The topological polar surface area (TPSA) is 84.9 Å². The predicted octanol–water partition coefficient (Wildman–Crippen LogP) is 0.512. The molecular formula is C11H29NO6SSi. The van der Waals surface area contributed by atoms with Crippen molar-refractivity contribution < 1.29 is 30.7 Å². The van der Waals surface area contributed by atoms with Crippen LogP contribution in [0.5, 0.6) is 0 Å². The van der Waals surface area contributed by atoms with Crippen molar-refractivity contribution in [3.05, 3.63) is 0 Å². The molecule has 0 spiro atoms. The van der Waals surface area contributed by atoms with E-state index in [-0.39, 0.29) is 5.75 Å². The van der Waals surface area contributed by atoms with Gasteiger partial charge in [-0.2, -0.15) is 0 Å². The van der Waals surface area contributed by atoms with Gasteiger partial charge in [-0.05, 0) is 12.8 Å². The number of hydrogen-bond donors (Lipinski definition) is 0. The lowest BCUT2D eigenvalue weighted by Crippen LogP contribution is -2.42. The first-order valence-electron chi connectivity index (χ1n) is 6.27. The van der Waals surface area contributed by atoms with Crippen LogP contribution in [0.3, 0.4) is 0 Å². The van der Waals surface area contributed by atoms with Crippen LogP contribution < -0.4 is 0 Å². The molecule has 0 aromatic heterocycles. The fourth-order valence-electron chi connectivity index (χ4n) is 1.18. The van der Waals surface area contributed by atoms with Gasteiger partial charge < -0.3 is 22.3 Å². The number of hydrogen-bond acceptors (Lipinski definition) is 6. The van der Waals surface area contributed by atoms with Crippen LogP contribution in [0.4, 0.5) is 0 Å². The maximum Gasteiger partial charge on any atom is 0.500 e. The summed E-state index contributed by atoms with van der Waals surface area (Å²) in [6.45, 7) is 0. The normalized spacial score (nSPS) is 12.8. The van der Waals surface area contributed by atoms with Gasteiger partial charge in [-0.1, -0.05) is 0 Å². The molecule has 7 nitrogen and oxygen atoms in total. The molecule has 0 N–H and O–H groups in total. The van der Waals surface area contributed by atoms with Crippen molar-refractivity contribution in [1.82, 2.24) is 0 Å². The van der Waals surface area contributed by atoms with Crippen LogP contribution >= 0.6 is 0 Å². The number of rotatable bonds is 8. The van der Waals surface area contributed by atoms with Gasteiger partial charge in [0.25, 0.3) is 0 Å². The minimum atomic E-state index is -4.12. The largest absolute Gasteiger partial charge is 0.748 e. The van der Waals surface area contributed by atoms with E-state index < -0.39 is 18.9 Å². The Morgan fingerprint density at radius 1 is 0.950 bits per heavy atom. The monoisotopic (exact) mass is 331 g/mol. The Morgan fingerprint density at radius 2 is 1.30 bits per heavy atom. The number of nitrogens with zero attached hydrogens (tertiary/aromatic N) is 1. The maximum atomic E-state index is 10.3. The second kappa shape index (κ2) is 9.82. The van der Waals surface area contributed by atoms with E-state index in [1.807, 2.05) is 0 Å². The fraction of sp³-hybridized carbons (Fsp3) is 1.00. The van der Waals surface area contributed by atoms with Crippen molar-refractivity contribution in [3.63, 3.8) is 0 Å². The van der Waals surface area contributed by atoms with E-state index in [9.17, 15) is 13.0 Å². The maximum absolute atomic E-state index is 10.3. The summed E-state index contributed by atoms with van der Waals surface area (Å²) in [5.41, 5.74) is 0. The zero-order valence-corrected chi connectivity index (χ0v) is 15.4. The molecule has 0 aromatic rings. The summed E-state index contributed by atoms with van der Waals surface area (Å²) in [5.74, 6) is -0.353. The van der Waals surface area contributed by atoms with Crippen LogP contribution in [0.25, 0.3) is 0 Å². The quantitative estimate of drug-likeness (QED) is 0.279. The van der Waals surface area contributed by atoms with Gasteiger partial charge in [-0.15, -0.1) is 0 Å². The molecule has 0 atom stereocenters. The molecule has 0 aliphatic rings. The molecule has 0 saturated carbocycles. The average Bonchev–Trinajstić information content (AvgIpc) is 2.27. The van der Waals surface area contributed by atoms with E-state index in [0.717, 1.165) is 4.48 Å². The van der Waals surface area contributed by atoms with Crippen molar-refractivity contribution in [2.45, 2.75) is 18.9 Å². The highest BCUT2D eigenvalue weighted by atomic mass is 32.2. The van der Waals surface area contributed by atoms with E-state index in [1.54, 1.807) is 0 Å². The lowest BCUT2D eigenvalue weighted by molar-refractivity contribution is -0.849. The minimum absolute atomic E-state index is 0.302. The third kappa shape index (κ3) is 16.0. The molecule has 0 bridgehead atoms. The Kier molecular flexibility index (Phi) is 10.9. The molecule has 0 aliphatic carbocycles. The molecule has 0 heterocycles. The molecule has 0 radical (unpaired) electrons. The van der Waals surface area contributed by atoms with Crippen LogP contribution in [-0.2, 0) is 23.4 Å². The van der Waals surface area contributed by atoms with Crippen LogP contribution in [0.1, 0.15) is 12.8 Å². The predicted molar refractivity (Wildman–Crippen MR) is 79.3 cm³/mol. The molecule has 20 heavy (non-hydrogen) atoms. The molecule has 0 aliphatic heterocycles. The van der Waals surface area contributed by atoms with E-state index in [1.165, 1.54) is 21.3 Å². The first-order valence-corrected chi connectivity index (χ1v) is 9.78. The summed E-state index contributed by atoms with van der Waals surface area (Å²) < 4.78 is 47.4. The average molecular weight is 332 g/mol.